The Hall–Kier alpha value is -3.47. The predicted octanol–water partition coefficient (Wildman–Crippen LogP) is 2.80. The monoisotopic (exact) mass is 450 g/mol. The lowest BCUT2D eigenvalue weighted by atomic mass is 10.1. The molecule has 31 heavy (non-hydrogen) atoms. The quantitative estimate of drug-likeness (QED) is 0.606. The number of hydrogen-bond acceptors (Lipinski definition) is 5. The number of benzene rings is 1. The molecule has 0 unspecified atom stereocenters. The maximum Gasteiger partial charge on any atom is 0.416 e. The van der Waals surface area contributed by atoms with Gasteiger partial charge in [-0.15, -0.1) is 11.3 Å². The van der Waals surface area contributed by atoms with E-state index in [0.29, 0.717) is 10.4 Å². The first-order chi connectivity index (χ1) is 14.5. The summed E-state index contributed by atoms with van der Waals surface area (Å²) >= 11 is 1.13. The van der Waals surface area contributed by atoms with E-state index in [2.05, 4.69) is 10.3 Å². The van der Waals surface area contributed by atoms with Gasteiger partial charge in [-0.05, 0) is 17.7 Å². The van der Waals surface area contributed by atoms with E-state index in [-0.39, 0.29) is 17.1 Å². The van der Waals surface area contributed by atoms with Crippen LogP contribution in [0.5, 0.6) is 0 Å². The second kappa shape index (κ2) is 8.72. The van der Waals surface area contributed by atoms with Gasteiger partial charge in [0.1, 0.15) is 0 Å². The van der Waals surface area contributed by atoms with Gasteiger partial charge < -0.3 is 4.57 Å². The van der Waals surface area contributed by atoms with Crippen LogP contribution in [0.15, 0.2) is 52.3 Å². The summed E-state index contributed by atoms with van der Waals surface area (Å²) in [6.45, 7) is 0. The summed E-state index contributed by atoms with van der Waals surface area (Å²) in [6.07, 6.45) is 1.05. The summed E-state index contributed by atoms with van der Waals surface area (Å²) in [5.74, 6) is -0.545. The molecule has 0 radical (unpaired) electrons. The van der Waals surface area contributed by atoms with Gasteiger partial charge in [-0.1, -0.05) is 18.2 Å². The Labute approximate surface area is 178 Å². The van der Waals surface area contributed by atoms with E-state index >= 15 is 0 Å². The lowest BCUT2D eigenvalue weighted by molar-refractivity contribution is -0.137. The number of carbonyl (C=O) groups excluding carboxylic acids is 1. The largest absolute Gasteiger partial charge is 0.416 e. The molecule has 0 saturated heterocycles. The van der Waals surface area contributed by atoms with Crippen LogP contribution in [0.25, 0.3) is 6.08 Å². The summed E-state index contributed by atoms with van der Waals surface area (Å²) in [4.78, 5) is 40.6. The number of hydrogen-bond donors (Lipinski definition) is 1. The second-order valence-corrected chi connectivity index (χ2v) is 7.79. The number of nitrogens with zero attached hydrogens (tertiary/aromatic N) is 3. The molecule has 0 atom stereocenters. The molecule has 0 bridgehead atoms. The molecule has 0 saturated carbocycles. The van der Waals surface area contributed by atoms with Crippen LogP contribution in [-0.2, 0) is 31.5 Å². The molecular formula is C20H17F3N4O3S. The molecule has 11 heteroatoms. The lowest BCUT2D eigenvalue weighted by Gasteiger charge is -2.07. The normalized spacial score (nSPS) is 11.8. The summed E-state index contributed by atoms with van der Waals surface area (Å²) in [5.41, 5.74) is -1.11. The number of carbonyl (C=O) groups is 1. The molecule has 1 aromatic carbocycles. The molecule has 0 aliphatic rings. The van der Waals surface area contributed by atoms with Crippen molar-refractivity contribution >= 4 is 28.5 Å². The zero-order valence-corrected chi connectivity index (χ0v) is 17.3. The number of halogens is 3. The second-order valence-electron chi connectivity index (χ2n) is 6.67. The minimum atomic E-state index is -4.42. The van der Waals surface area contributed by atoms with Crippen LogP contribution in [0.3, 0.4) is 0 Å². The van der Waals surface area contributed by atoms with Crippen molar-refractivity contribution in [3.05, 3.63) is 85.1 Å². The Morgan fingerprint density at radius 1 is 1.26 bits per heavy atom. The van der Waals surface area contributed by atoms with E-state index in [1.54, 1.807) is 6.07 Å². The first kappa shape index (κ1) is 22.2. The number of thiazole rings is 1. The van der Waals surface area contributed by atoms with Crippen LogP contribution in [0.2, 0.25) is 0 Å². The molecule has 1 N–H and O–H groups in total. The number of rotatable bonds is 5. The summed E-state index contributed by atoms with van der Waals surface area (Å²) in [6, 6.07) is 5.01. The number of amides is 1. The minimum absolute atomic E-state index is 0.157. The average molecular weight is 450 g/mol. The number of aromatic nitrogens is 3. The third-order valence-electron chi connectivity index (χ3n) is 4.30. The van der Waals surface area contributed by atoms with Crippen LogP contribution in [0.4, 0.5) is 18.3 Å². The molecule has 0 fully saturated rings. The van der Waals surface area contributed by atoms with Crippen molar-refractivity contribution < 1.29 is 18.0 Å². The number of alkyl halides is 3. The van der Waals surface area contributed by atoms with E-state index in [1.807, 2.05) is 0 Å². The highest BCUT2D eigenvalue weighted by Crippen LogP contribution is 2.30. The van der Waals surface area contributed by atoms with Gasteiger partial charge in [0.2, 0.25) is 5.91 Å². The fourth-order valence-corrected chi connectivity index (χ4v) is 3.62. The fourth-order valence-electron chi connectivity index (χ4n) is 2.77. The standard InChI is InChI=1S/C20H17F3N4O3S/c1-26-11-13(17(29)27(2)19(26)30)6-7-16(28)25-18-24-10-15(31-18)9-12-4-3-5-14(8-12)20(21,22)23/h3-8,10-11H,9H2,1-2H3,(H,24,25,28)/b7-6+. The highest BCUT2D eigenvalue weighted by atomic mass is 32.1. The highest BCUT2D eigenvalue weighted by Gasteiger charge is 2.30. The number of nitrogens with one attached hydrogen (secondary N) is 1. The molecule has 2 aromatic heterocycles. The first-order valence-electron chi connectivity index (χ1n) is 8.91. The Morgan fingerprint density at radius 3 is 2.71 bits per heavy atom. The number of aryl methyl sites for hydroxylation is 1. The molecule has 1 amide bonds. The van der Waals surface area contributed by atoms with E-state index in [0.717, 1.165) is 34.1 Å². The smallest absolute Gasteiger partial charge is 0.303 e. The Kier molecular flexibility index (Phi) is 6.25. The third-order valence-corrected chi connectivity index (χ3v) is 5.22. The summed E-state index contributed by atoms with van der Waals surface area (Å²) in [5, 5.41) is 2.81. The molecule has 0 aliphatic carbocycles. The summed E-state index contributed by atoms with van der Waals surface area (Å²) < 4.78 is 40.7. The van der Waals surface area contributed by atoms with E-state index in [9.17, 15) is 27.6 Å². The van der Waals surface area contributed by atoms with Crippen molar-refractivity contribution in [3.63, 3.8) is 0 Å². The van der Waals surface area contributed by atoms with Crippen LogP contribution < -0.4 is 16.6 Å². The molecule has 0 spiro atoms. The van der Waals surface area contributed by atoms with Gasteiger partial charge in [0.25, 0.3) is 5.56 Å². The third kappa shape index (κ3) is 5.37. The topological polar surface area (TPSA) is 86.0 Å². The Morgan fingerprint density at radius 2 is 2.00 bits per heavy atom. The van der Waals surface area contributed by atoms with E-state index in [1.165, 1.54) is 43.2 Å². The van der Waals surface area contributed by atoms with Crippen molar-refractivity contribution in [2.45, 2.75) is 12.6 Å². The van der Waals surface area contributed by atoms with Gasteiger partial charge in [-0.3, -0.25) is 19.5 Å². The summed E-state index contributed by atoms with van der Waals surface area (Å²) in [7, 11) is 2.82. The van der Waals surface area contributed by atoms with E-state index < -0.39 is 28.9 Å². The van der Waals surface area contributed by atoms with Gasteiger partial charge in [-0.25, -0.2) is 9.78 Å². The molecule has 162 valence electrons. The van der Waals surface area contributed by atoms with Crippen molar-refractivity contribution in [3.8, 4) is 0 Å². The molecular weight excluding hydrogens is 433 g/mol. The van der Waals surface area contributed by atoms with Crippen molar-refractivity contribution in [2.75, 3.05) is 5.32 Å². The van der Waals surface area contributed by atoms with Crippen LogP contribution in [0, 0.1) is 0 Å². The maximum absolute atomic E-state index is 12.8. The van der Waals surface area contributed by atoms with Crippen molar-refractivity contribution in [2.24, 2.45) is 14.1 Å². The molecule has 3 aromatic rings. The van der Waals surface area contributed by atoms with Gasteiger partial charge >= 0.3 is 11.9 Å². The zero-order chi connectivity index (χ0) is 22.8. The zero-order valence-electron chi connectivity index (χ0n) is 16.4. The molecule has 2 heterocycles. The van der Waals surface area contributed by atoms with Gasteiger partial charge in [0.05, 0.1) is 11.1 Å². The molecule has 7 nitrogen and oxygen atoms in total. The van der Waals surface area contributed by atoms with Crippen LogP contribution in [-0.4, -0.2) is 20.0 Å². The highest BCUT2D eigenvalue weighted by molar-refractivity contribution is 7.15. The van der Waals surface area contributed by atoms with Crippen molar-refractivity contribution in [1.29, 1.82) is 0 Å². The lowest BCUT2D eigenvalue weighted by Crippen LogP contribution is -2.37. The van der Waals surface area contributed by atoms with Crippen molar-refractivity contribution in [1.82, 2.24) is 14.1 Å². The van der Waals surface area contributed by atoms with Crippen LogP contribution >= 0.6 is 11.3 Å². The Bertz CT molecular complexity index is 1270. The minimum Gasteiger partial charge on any atom is -0.303 e. The van der Waals surface area contributed by atoms with Gasteiger partial charge in [0, 0.05) is 43.9 Å². The fraction of sp³-hybridized carbons (Fsp3) is 0.200. The molecule has 0 aliphatic heterocycles. The molecule has 3 rings (SSSR count). The average Bonchev–Trinajstić information content (AvgIpc) is 3.14. The predicted molar refractivity (Wildman–Crippen MR) is 111 cm³/mol. The Balaban J connectivity index is 1.68. The van der Waals surface area contributed by atoms with Crippen LogP contribution in [0.1, 0.15) is 21.6 Å². The number of anilines is 1. The SMILES string of the molecule is Cn1cc(/C=C/C(=O)Nc2ncc(Cc3cccc(C(F)(F)F)c3)s2)c(=O)n(C)c1=O. The van der Waals surface area contributed by atoms with Gasteiger partial charge in [0.15, 0.2) is 5.13 Å². The maximum atomic E-state index is 12.8. The van der Waals surface area contributed by atoms with Gasteiger partial charge in [-0.2, -0.15) is 13.2 Å². The first-order valence-corrected chi connectivity index (χ1v) is 9.73. The van der Waals surface area contributed by atoms with E-state index in [4.69, 9.17) is 0 Å².